The molecule has 1 aromatic rings. The highest BCUT2D eigenvalue weighted by molar-refractivity contribution is 5.86. The van der Waals surface area contributed by atoms with Crippen LogP contribution in [0.4, 0.5) is 11.5 Å². The van der Waals surface area contributed by atoms with Gasteiger partial charge in [-0.3, -0.25) is 10.1 Å². The second-order valence-corrected chi connectivity index (χ2v) is 3.79. The van der Waals surface area contributed by atoms with Crippen LogP contribution in [0.2, 0.25) is 0 Å². The first kappa shape index (κ1) is 12.2. The number of hydrogen-bond acceptors (Lipinski definition) is 6. The summed E-state index contributed by atoms with van der Waals surface area (Å²) in [5.41, 5.74) is -0.489. The van der Waals surface area contributed by atoms with Gasteiger partial charge in [0.15, 0.2) is 5.69 Å². The highest BCUT2D eigenvalue weighted by Gasteiger charge is 2.22. The molecule has 0 radical (unpaired) electrons. The number of nitrogens with zero attached hydrogens (tertiary/aromatic N) is 2. The van der Waals surface area contributed by atoms with Crippen LogP contribution in [0, 0.1) is 10.1 Å². The van der Waals surface area contributed by atoms with Gasteiger partial charge in [-0.2, -0.15) is 0 Å². The zero-order valence-electron chi connectivity index (χ0n) is 9.33. The van der Waals surface area contributed by atoms with Crippen molar-refractivity contribution in [1.82, 2.24) is 4.98 Å². The van der Waals surface area contributed by atoms with E-state index in [9.17, 15) is 14.9 Å². The number of hydrogen-bond donors (Lipinski definition) is 2. The summed E-state index contributed by atoms with van der Waals surface area (Å²) in [5, 5.41) is 22.3. The molecule has 1 aliphatic rings. The summed E-state index contributed by atoms with van der Waals surface area (Å²) in [6, 6.07) is 2.23. The van der Waals surface area contributed by atoms with Crippen molar-refractivity contribution in [2.75, 3.05) is 18.5 Å². The SMILES string of the molecule is O=C(O)c1ccc([N+](=O)[O-])c(NC[C@@H]2CCO2)n1. The monoisotopic (exact) mass is 253 g/mol. The first-order chi connectivity index (χ1) is 8.58. The van der Waals surface area contributed by atoms with Gasteiger partial charge in [-0.15, -0.1) is 0 Å². The van der Waals surface area contributed by atoms with E-state index < -0.39 is 10.9 Å². The Morgan fingerprint density at radius 1 is 1.67 bits per heavy atom. The lowest BCUT2D eigenvalue weighted by Crippen LogP contribution is -2.33. The second-order valence-electron chi connectivity index (χ2n) is 3.79. The fourth-order valence-electron chi connectivity index (χ4n) is 1.50. The van der Waals surface area contributed by atoms with Gasteiger partial charge >= 0.3 is 11.7 Å². The summed E-state index contributed by atoms with van der Waals surface area (Å²) in [5.74, 6) is -1.27. The van der Waals surface area contributed by atoms with Gasteiger partial charge in [0, 0.05) is 19.2 Å². The van der Waals surface area contributed by atoms with E-state index in [-0.39, 0.29) is 23.3 Å². The third-order valence-electron chi connectivity index (χ3n) is 2.58. The van der Waals surface area contributed by atoms with E-state index in [1.165, 1.54) is 0 Å². The number of rotatable bonds is 5. The molecule has 2 N–H and O–H groups in total. The average Bonchev–Trinajstić information content (AvgIpc) is 2.26. The molecule has 1 aromatic heterocycles. The van der Waals surface area contributed by atoms with Crippen molar-refractivity contribution in [2.24, 2.45) is 0 Å². The minimum Gasteiger partial charge on any atom is -0.477 e. The second kappa shape index (κ2) is 4.96. The molecular formula is C10H11N3O5. The number of carbonyl (C=O) groups is 1. The molecule has 0 aliphatic carbocycles. The quantitative estimate of drug-likeness (QED) is 0.591. The number of aromatic carboxylic acids is 1. The van der Waals surface area contributed by atoms with Crippen molar-refractivity contribution < 1.29 is 19.6 Å². The fourth-order valence-corrected chi connectivity index (χ4v) is 1.50. The molecular weight excluding hydrogens is 242 g/mol. The zero-order chi connectivity index (χ0) is 13.1. The Morgan fingerprint density at radius 2 is 2.39 bits per heavy atom. The van der Waals surface area contributed by atoms with Gasteiger partial charge in [0.05, 0.1) is 11.0 Å². The Bertz CT molecular complexity index is 486. The summed E-state index contributed by atoms with van der Waals surface area (Å²) < 4.78 is 5.15. The molecule has 1 saturated heterocycles. The Morgan fingerprint density at radius 3 is 2.89 bits per heavy atom. The van der Waals surface area contributed by atoms with E-state index in [2.05, 4.69) is 10.3 Å². The van der Waals surface area contributed by atoms with Crippen molar-refractivity contribution in [3.63, 3.8) is 0 Å². The molecule has 1 fully saturated rings. The highest BCUT2D eigenvalue weighted by atomic mass is 16.6. The summed E-state index contributed by atoms with van der Waals surface area (Å²) in [7, 11) is 0. The van der Waals surface area contributed by atoms with Gasteiger partial charge < -0.3 is 15.2 Å². The largest absolute Gasteiger partial charge is 0.477 e. The number of aromatic nitrogens is 1. The molecule has 0 spiro atoms. The molecule has 1 aliphatic heterocycles. The molecule has 8 heteroatoms. The molecule has 2 heterocycles. The number of nitrogens with one attached hydrogen (secondary N) is 1. The summed E-state index contributed by atoms with van der Waals surface area (Å²) in [6.07, 6.45) is 0.874. The molecule has 18 heavy (non-hydrogen) atoms. The number of ether oxygens (including phenoxy) is 1. The topological polar surface area (TPSA) is 115 Å². The highest BCUT2D eigenvalue weighted by Crippen LogP contribution is 2.23. The predicted octanol–water partition coefficient (Wildman–Crippen LogP) is 0.889. The zero-order valence-corrected chi connectivity index (χ0v) is 9.33. The minimum atomic E-state index is -1.23. The van der Waals surface area contributed by atoms with E-state index in [0.29, 0.717) is 13.2 Å². The van der Waals surface area contributed by atoms with Crippen molar-refractivity contribution in [3.8, 4) is 0 Å². The summed E-state index contributed by atoms with van der Waals surface area (Å²) in [6.45, 7) is 1.05. The number of nitro groups is 1. The van der Waals surface area contributed by atoms with Gasteiger partial charge in [0.25, 0.3) is 0 Å². The van der Waals surface area contributed by atoms with Crippen molar-refractivity contribution in [2.45, 2.75) is 12.5 Å². The average molecular weight is 253 g/mol. The number of carboxylic acid groups (broad SMARTS) is 1. The van der Waals surface area contributed by atoms with E-state index in [4.69, 9.17) is 9.84 Å². The van der Waals surface area contributed by atoms with Gasteiger partial charge in [-0.25, -0.2) is 9.78 Å². The number of pyridine rings is 1. The van der Waals surface area contributed by atoms with E-state index in [1.807, 2.05) is 0 Å². The maximum atomic E-state index is 10.8. The lowest BCUT2D eigenvalue weighted by atomic mass is 10.2. The third-order valence-corrected chi connectivity index (χ3v) is 2.58. The maximum Gasteiger partial charge on any atom is 0.354 e. The van der Waals surface area contributed by atoms with Crippen molar-refractivity contribution >= 4 is 17.5 Å². The molecule has 8 nitrogen and oxygen atoms in total. The lowest BCUT2D eigenvalue weighted by molar-refractivity contribution is -0.384. The molecule has 0 bridgehead atoms. The number of anilines is 1. The molecule has 2 rings (SSSR count). The maximum absolute atomic E-state index is 10.8. The Kier molecular flexibility index (Phi) is 3.38. The Labute approximate surface area is 102 Å². The lowest BCUT2D eigenvalue weighted by Gasteiger charge is -2.26. The summed E-state index contributed by atoms with van der Waals surface area (Å²) in [4.78, 5) is 24.6. The van der Waals surface area contributed by atoms with Crippen LogP contribution in [0.5, 0.6) is 0 Å². The Hall–Kier alpha value is -2.22. The van der Waals surface area contributed by atoms with Gasteiger partial charge in [0.1, 0.15) is 0 Å². The third kappa shape index (κ3) is 2.54. The van der Waals surface area contributed by atoms with Crippen LogP contribution in [0.25, 0.3) is 0 Å². The van der Waals surface area contributed by atoms with Crippen LogP contribution in [-0.2, 0) is 4.74 Å². The molecule has 0 amide bonds. The molecule has 1 atom stereocenters. The van der Waals surface area contributed by atoms with Crippen LogP contribution in [0.1, 0.15) is 16.9 Å². The standard InChI is InChI=1S/C10H11N3O5/c14-10(15)7-1-2-8(13(16)17)9(12-7)11-5-6-3-4-18-6/h1-2,6H,3-5H2,(H,11,12)(H,14,15)/t6-/m0/s1. The number of carboxylic acids is 1. The molecule has 96 valence electrons. The van der Waals surface area contributed by atoms with Crippen LogP contribution >= 0.6 is 0 Å². The molecule has 0 saturated carbocycles. The van der Waals surface area contributed by atoms with Crippen LogP contribution in [0.15, 0.2) is 12.1 Å². The van der Waals surface area contributed by atoms with Gasteiger partial charge in [0.2, 0.25) is 5.82 Å². The van der Waals surface area contributed by atoms with Crippen LogP contribution in [0.3, 0.4) is 0 Å². The van der Waals surface area contributed by atoms with E-state index in [0.717, 1.165) is 18.6 Å². The van der Waals surface area contributed by atoms with Gasteiger partial charge in [-0.1, -0.05) is 0 Å². The fraction of sp³-hybridized carbons (Fsp3) is 0.400. The normalized spacial score (nSPS) is 17.9. The van der Waals surface area contributed by atoms with E-state index >= 15 is 0 Å². The molecule has 0 unspecified atom stereocenters. The minimum absolute atomic E-state index is 0.000103. The first-order valence-electron chi connectivity index (χ1n) is 5.32. The predicted molar refractivity (Wildman–Crippen MR) is 60.7 cm³/mol. The van der Waals surface area contributed by atoms with E-state index in [1.54, 1.807) is 0 Å². The summed E-state index contributed by atoms with van der Waals surface area (Å²) >= 11 is 0. The van der Waals surface area contributed by atoms with Crippen LogP contribution < -0.4 is 5.32 Å². The van der Waals surface area contributed by atoms with Crippen molar-refractivity contribution in [3.05, 3.63) is 27.9 Å². The Balaban J connectivity index is 2.19. The van der Waals surface area contributed by atoms with Crippen LogP contribution in [-0.4, -0.2) is 40.2 Å². The van der Waals surface area contributed by atoms with Crippen molar-refractivity contribution in [1.29, 1.82) is 0 Å². The first-order valence-corrected chi connectivity index (χ1v) is 5.32. The van der Waals surface area contributed by atoms with Gasteiger partial charge in [-0.05, 0) is 12.5 Å². The molecule has 0 aromatic carbocycles. The smallest absolute Gasteiger partial charge is 0.354 e.